The summed E-state index contributed by atoms with van der Waals surface area (Å²) in [5.74, 6) is 1.08. The smallest absolute Gasteiger partial charge is 0.206 e. The molecular weight excluding hydrogens is 250 g/mol. The number of aromatic nitrogens is 2. The van der Waals surface area contributed by atoms with E-state index in [0.29, 0.717) is 0 Å². The van der Waals surface area contributed by atoms with E-state index in [1.165, 1.54) is 0 Å². The van der Waals surface area contributed by atoms with Gasteiger partial charge in [0.1, 0.15) is 0 Å². The van der Waals surface area contributed by atoms with Crippen LogP contribution in [0.5, 0.6) is 0 Å². The number of nitrogens with zero attached hydrogens (tertiary/aromatic N) is 4. The molecular formula is C15H23N5. The normalized spacial score (nSPS) is 17.1. The van der Waals surface area contributed by atoms with Gasteiger partial charge >= 0.3 is 0 Å². The Kier molecular flexibility index (Phi) is 3.30. The van der Waals surface area contributed by atoms with Crippen molar-refractivity contribution in [3.05, 3.63) is 17.7 Å². The van der Waals surface area contributed by atoms with Crippen molar-refractivity contribution in [1.29, 1.82) is 0 Å². The minimum Gasteiger partial charge on any atom is -0.398 e. The van der Waals surface area contributed by atoms with Crippen molar-refractivity contribution in [2.45, 2.75) is 20.4 Å². The van der Waals surface area contributed by atoms with Crippen molar-refractivity contribution in [2.24, 2.45) is 0 Å². The Bertz CT molecular complexity index is 623. The molecule has 0 aliphatic carbocycles. The maximum absolute atomic E-state index is 6.05. The van der Waals surface area contributed by atoms with Gasteiger partial charge in [0.05, 0.1) is 11.0 Å². The second kappa shape index (κ2) is 4.98. The van der Waals surface area contributed by atoms with Gasteiger partial charge < -0.3 is 20.1 Å². The lowest BCUT2D eigenvalue weighted by Gasteiger charge is -2.33. The molecule has 0 saturated carbocycles. The summed E-state index contributed by atoms with van der Waals surface area (Å²) in [7, 11) is 2.17. The second-order valence-electron chi connectivity index (χ2n) is 5.64. The maximum Gasteiger partial charge on any atom is 0.206 e. The Morgan fingerprint density at radius 1 is 1.20 bits per heavy atom. The fourth-order valence-electron chi connectivity index (χ4n) is 2.84. The SMILES string of the molecule is CCn1c(N2CCN(C)CC2)nc2cc(C)c(N)cc21. The molecule has 1 aromatic heterocycles. The molecule has 0 atom stereocenters. The minimum atomic E-state index is 0.844. The van der Waals surface area contributed by atoms with Crippen LogP contribution in [0.1, 0.15) is 12.5 Å². The van der Waals surface area contributed by atoms with Gasteiger partial charge in [-0.25, -0.2) is 4.98 Å². The Balaban J connectivity index is 2.06. The molecule has 1 aromatic carbocycles. The van der Waals surface area contributed by atoms with Gasteiger partial charge in [-0.3, -0.25) is 0 Å². The van der Waals surface area contributed by atoms with Gasteiger partial charge in [-0.05, 0) is 38.6 Å². The maximum atomic E-state index is 6.05. The van der Waals surface area contributed by atoms with E-state index in [2.05, 4.69) is 40.5 Å². The van der Waals surface area contributed by atoms with E-state index >= 15 is 0 Å². The number of piperazine rings is 1. The van der Waals surface area contributed by atoms with Crippen LogP contribution in [0.15, 0.2) is 12.1 Å². The number of fused-ring (bicyclic) bond motifs is 1. The number of nitrogen functional groups attached to an aromatic ring is 1. The lowest BCUT2D eigenvalue weighted by Crippen LogP contribution is -2.45. The molecule has 0 radical (unpaired) electrons. The quantitative estimate of drug-likeness (QED) is 0.846. The van der Waals surface area contributed by atoms with Crippen LogP contribution in [0.4, 0.5) is 11.6 Å². The van der Waals surface area contributed by atoms with E-state index in [-0.39, 0.29) is 0 Å². The van der Waals surface area contributed by atoms with Gasteiger partial charge in [-0.1, -0.05) is 0 Å². The summed E-state index contributed by atoms with van der Waals surface area (Å²) in [6, 6.07) is 4.15. The zero-order chi connectivity index (χ0) is 14.3. The summed E-state index contributed by atoms with van der Waals surface area (Å²) < 4.78 is 2.27. The monoisotopic (exact) mass is 273 g/mol. The number of nitrogens with two attached hydrogens (primary N) is 1. The van der Waals surface area contributed by atoms with Crippen LogP contribution in [-0.4, -0.2) is 47.7 Å². The van der Waals surface area contributed by atoms with Crippen LogP contribution in [0, 0.1) is 6.92 Å². The molecule has 1 aliphatic rings. The van der Waals surface area contributed by atoms with Gasteiger partial charge in [-0.2, -0.15) is 0 Å². The average molecular weight is 273 g/mol. The van der Waals surface area contributed by atoms with Crippen molar-refractivity contribution in [1.82, 2.24) is 14.5 Å². The van der Waals surface area contributed by atoms with E-state index in [4.69, 9.17) is 10.7 Å². The molecule has 5 heteroatoms. The topological polar surface area (TPSA) is 50.3 Å². The number of hydrogen-bond donors (Lipinski definition) is 1. The summed E-state index contributed by atoms with van der Waals surface area (Å²) in [5, 5.41) is 0. The van der Waals surface area contributed by atoms with Crippen molar-refractivity contribution < 1.29 is 0 Å². The highest BCUT2D eigenvalue weighted by Crippen LogP contribution is 2.27. The third-order valence-electron chi connectivity index (χ3n) is 4.22. The highest BCUT2D eigenvalue weighted by molar-refractivity contribution is 5.83. The standard InChI is InChI=1S/C15H23N5/c1-4-20-14-10-12(16)11(2)9-13(14)17-15(20)19-7-5-18(3)6-8-19/h9-10H,4-8,16H2,1-3H3. The number of hydrogen-bond acceptors (Lipinski definition) is 4. The van der Waals surface area contributed by atoms with E-state index in [1.54, 1.807) is 0 Å². The molecule has 0 spiro atoms. The largest absolute Gasteiger partial charge is 0.398 e. The van der Waals surface area contributed by atoms with Gasteiger partial charge in [0.25, 0.3) is 0 Å². The Labute approximate surface area is 120 Å². The molecule has 2 N–H and O–H groups in total. The summed E-state index contributed by atoms with van der Waals surface area (Å²) >= 11 is 0. The minimum absolute atomic E-state index is 0.844. The molecule has 20 heavy (non-hydrogen) atoms. The molecule has 1 fully saturated rings. The molecule has 0 amide bonds. The van der Waals surface area contributed by atoms with Crippen molar-refractivity contribution in [3.63, 3.8) is 0 Å². The number of likely N-dealkylation sites (N-methyl/N-ethyl adjacent to an activating group) is 1. The lowest BCUT2D eigenvalue weighted by molar-refractivity contribution is 0.310. The van der Waals surface area contributed by atoms with Crippen LogP contribution in [0.25, 0.3) is 11.0 Å². The summed E-state index contributed by atoms with van der Waals surface area (Å²) in [4.78, 5) is 9.59. The summed E-state index contributed by atoms with van der Waals surface area (Å²) in [5.41, 5.74) is 10.2. The number of anilines is 2. The van der Waals surface area contributed by atoms with Crippen molar-refractivity contribution >= 4 is 22.7 Å². The highest BCUT2D eigenvalue weighted by Gasteiger charge is 2.20. The Morgan fingerprint density at radius 3 is 2.55 bits per heavy atom. The zero-order valence-electron chi connectivity index (χ0n) is 12.6. The molecule has 2 heterocycles. The van der Waals surface area contributed by atoms with E-state index in [0.717, 1.165) is 61.0 Å². The number of imidazole rings is 1. The summed E-state index contributed by atoms with van der Waals surface area (Å²) in [6.45, 7) is 9.37. The van der Waals surface area contributed by atoms with Crippen LogP contribution in [0.3, 0.4) is 0 Å². The van der Waals surface area contributed by atoms with Crippen LogP contribution >= 0.6 is 0 Å². The zero-order valence-corrected chi connectivity index (χ0v) is 12.6. The fourth-order valence-corrected chi connectivity index (χ4v) is 2.84. The second-order valence-corrected chi connectivity index (χ2v) is 5.64. The molecule has 1 saturated heterocycles. The molecule has 3 rings (SSSR count). The first-order valence-electron chi connectivity index (χ1n) is 7.30. The van der Waals surface area contributed by atoms with Gasteiger partial charge in [0.15, 0.2) is 0 Å². The van der Waals surface area contributed by atoms with Crippen molar-refractivity contribution in [3.8, 4) is 0 Å². The first-order valence-corrected chi connectivity index (χ1v) is 7.30. The molecule has 108 valence electrons. The van der Waals surface area contributed by atoms with Crippen LogP contribution in [0.2, 0.25) is 0 Å². The molecule has 0 unspecified atom stereocenters. The number of rotatable bonds is 2. The van der Waals surface area contributed by atoms with Crippen LogP contribution < -0.4 is 10.6 Å². The van der Waals surface area contributed by atoms with Gasteiger partial charge in [0, 0.05) is 38.4 Å². The Hall–Kier alpha value is -1.75. The first kappa shape index (κ1) is 13.2. The molecule has 1 aliphatic heterocycles. The first-order chi connectivity index (χ1) is 9.60. The molecule has 5 nitrogen and oxygen atoms in total. The third kappa shape index (κ3) is 2.12. The van der Waals surface area contributed by atoms with E-state index in [1.807, 2.05) is 6.92 Å². The third-order valence-corrected chi connectivity index (χ3v) is 4.22. The van der Waals surface area contributed by atoms with E-state index in [9.17, 15) is 0 Å². The molecule has 0 bridgehead atoms. The van der Waals surface area contributed by atoms with Crippen LogP contribution in [-0.2, 0) is 6.54 Å². The van der Waals surface area contributed by atoms with Gasteiger partial charge in [0.2, 0.25) is 5.95 Å². The van der Waals surface area contributed by atoms with Gasteiger partial charge in [-0.15, -0.1) is 0 Å². The summed E-state index contributed by atoms with van der Waals surface area (Å²) in [6.07, 6.45) is 0. The number of aryl methyl sites for hydroxylation is 2. The average Bonchev–Trinajstić information content (AvgIpc) is 2.78. The number of benzene rings is 1. The lowest BCUT2D eigenvalue weighted by atomic mass is 10.2. The Morgan fingerprint density at radius 2 is 1.90 bits per heavy atom. The predicted octanol–water partition coefficient (Wildman–Crippen LogP) is 1.70. The predicted molar refractivity (Wildman–Crippen MR) is 84.3 cm³/mol. The highest BCUT2D eigenvalue weighted by atomic mass is 15.3. The molecule has 2 aromatic rings. The fraction of sp³-hybridized carbons (Fsp3) is 0.533. The van der Waals surface area contributed by atoms with Crippen molar-refractivity contribution in [2.75, 3.05) is 43.9 Å². The van der Waals surface area contributed by atoms with E-state index < -0.39 is 0 Å².